The third kappa shape index (κ3) is 5.71. The van der Waals surface area contributed by atoms with E-state index >= 15 is 0 Å². The molecule has 2 aromatic carbocycles. The minimum atomic E-state index is -3.74. The number of sulfonamides is 1. The van der Waals surface area contributed by atoms with Crippen molar-refractivity contribution in [1.29, 1.82) is 0 Å². The van der Waals surface area contributed by atoms with E-state index in [-0.39, 0.29) is 15.9 Å². The summed E-state index contributed by atoms with van der Waals surface area (Å²) in [5, 5.41) is 4.66. The lowest BCUT2D eigenvalue weighted by atomic mass is 10.3. The summed E-state index contributed by atoms with van der Waals surface area (Å²) in [5.41, 5.74) is 0.454. The first-order chi connectivity index (χ1) is 14.4. The Bertz CT molecular complexity index is 1070. The molecule has 0 bridgehead atoms. The minimum absolute atomic E-state index is 0.0642. The van der Waals surface area contributed by atoms with E-state index in [9.17, 15) is 13.2 Å². The lowest BCUT2D eigenvalue weighted by Gasteiger charge is -2.15. The summed E-state index contributed by atoms with van der Waals surface area (Å²) < 4.78 is 38.1. The number of thiazole rings is 1. The van der Waals surface area contributed by atoms with E-state index in [2.05, 4.69) is 15.0 Å². The largest absolute Gasteiger partial charge is 0.494 e. The maximum Gasteiger partial charge on any atom is 0.265 e. The zero-order valence-corrected chi connectivity index (χ0v) is 18.0. The third-order valence-electron chi connectivity index (χ3n) is 3.90. The topological polar surface area (TPSA) is 107 Å². The van der Waals surface area contributed by atoms with Crippen LogP contribution in [0.3, 0.4) is 0 Å². The Hall–Kier alpha value is -3.11. The fourth-order valence-corrected chi connectivity index (χ4v) is 4.24. The quantitative estimate of drug-likeness (QED) is 0.517. The highest BCUT2D eigenvalue weighted by molar-refractivity contribution is 7.93. The summed E-state index contributed by atoms with van der Waals surface area (Å²) in [5.74, 6) is 0.901. The second-order valence-electron chi connectivity index (χ2n) is 6.12. The van der Waals surface area contributed by atoms with Crippen LogP contribution in [0, 0.1) is 0 Å². The fourth-order valence-electron chi connectivity index (χ4n) is 2.45. The van der Waals surface area contributed by atoms with Crippen LogP contribution in [0.15, 0.2) is 65.0 Å². The first kappa shape index (κ1) is 21.6. The SMILES string of the molecule is CCOc1ccc(OC(C)C(=O)Nc2ccc(S(=O)(=O)Nc3nccs3)cc2)cc1. The molecule has 0 fully saturated rings. The number of carbonyl (C=O) groups excluding carboxylic acids is 1. The molecule has 2 N–H and O–H groups in total. The van der Waals surface area contributed by atoms with E-state index in [1.807, 2.05) is 6.92 Å². The van der Waals surface area contributed by atoms with Crippen molar-refractivity contribution in [2.45, 2.75) is 24.8 Å². The Labute approximate surface area is 178 Å². The van der Waals surface area contributed by atoms with Crippen molar-refractivity contribution >= 4 is 38.1 Å². The molecule has 3 rings (SSSR count). The number of benzene rings is 2. The number of ether oxygens (including phenoxy) is 2. The molecule has 0 saturated heterocycles. The highest BCUT2D eigenvalue weighted by Gasteiger charge is 2.17. The molecule has 0 spiro atoms. The maximum atomic E-state index is 12.4. The smallest absolute Gasteiger partial charge is 0.265 e. The number of hydrogen-bond donors (Lipinski definition) is 2. The summed E-state index contributed by atoms with van der Waals surface area (Å²) in [6.07, 6.45) is 0.760. The predicted molar refractivity (Wildman–Crippen MR) is 116 cm³/mol. The molecule has 1 aromatic heterocycles. The first-order valence-electron chi connectivity index (χ1n) is 9.10. The van der Waals surface area contributed by atoms with Gasteiger partial charge in [-0.1, -0.05) is 0 Å². The number of amides is 1. The van der Waals surface area contributed by atoms with Gasteiger partial charge in [-0.25, -0.2) is 13.4 Å². The average molecular weight is 448 g/mol. The van der Waals surface area contributed by atoms with E-state index in [0.29, 0.717) is 18.0 Å². The fraction of sp³-hybridized carbons (Fsp3) is 0.200. The van der Waals surface area contributed by atoms with Crippen LogP contribution in [0.25, 0.3) is 0 Å². The van der Waals surface area contributed by atoms with Gasteiger partial charge in [0.25, 0.3) is 15.9 Å². The van der Waals surface area contributed by atoms with Gasteiger partial charge in [-0.05, 0) is 62.4 Å². The molecule has 10 heteroatoms. The minimum Gasteiger partial charge on any atom is -0.494 e. The van der Waals surface area contributed by atoms with Gasteiger partial charge in [-0.15, -0.1) is 11.3 Å². The molecule has 0 aliphatic rings. The van der Waals surface area contributed by atoms with Gasteiger partial charge in [0.15, 0.2) is 11.2 Å². The molecule has 1 heterocycles. The maximum absolute atomic E-state index is 12.4. The average Bonchev–Trinajstić information content (AvgIpc) is 3.22. The predicted octanol–water partition coefficient (Wildman–Crippen LogP) is 3.75. The molecular formula is C20H21N3O5S2. The van der Waals surface area contributed by atoms with Gasteiger partial charge in [-0.3, -0.25) is 9.52 Å². The van der Waals surface area contributed by atoms with Crippen molar-refractivity contribution in [3.63, 3.8) is 0 Å². The molecule has 0 radical (unpaired) electrons. The zero-order valence-electron chi connectivity index (χ0n) is 16.4. The van der Waals surface area contributed by atoms with Crippen LogP contribution in [0.2, 0.25) is 0 Å². The van der Waals surface area contributed by atoms with Crippen LogP contribution in [-0.4, -0.2) is 32.0 Å². The number of carbonyl (C=O) groups is 1. The van der Waals surface area contributed by atoms with Crippen molar-refractivity contribution in [1.82, 2.24) is 4.98 Å². The van der Waals surface area contributed by atoms with E-state index in [0.717, 1.165) is 5.75 Å². The molecule has 0 aliphatic heterocycles. The number of nitrogens with zero attached hydrogens (tertiary/aromatic N) is 1. The number of aromatic nitrogens is 1. The van der Waals surface area contributed by atoms with Gasteiger partial charge in [-0.2, -0.15) is 0 Å². The Kier molecular flexibility index (Phi) is 6.91. The lowest BCUT2D eigenvalue weighted by molar-refractivity contribution is -0.122. The summed E-state index contributed by atoms with van der Waals surface area (Å²) in [6.45, 7) is 4.10. The molecule has 8 nitrogen and oxygen atoms in total. The highest BCUT2D eigenvalue weighted by Crippen LogP contribution is 2.21. The Balaban J connectivity index is 1.58. The van der Waals surface area contributed by atoms with Crippen molar-refractivity contribution in [3.05, 3.63) is 60.1 Å². The second-order valence-corrected chi connectivity index (χ2v) is 8.70. The summed E-state index contributed by atoms with van der Waals surface area (Å²) >= 11 is 1.18. The summed E-state index contributed by atoms with van der Waals surface area (Å²) in [7, 11) is -3.74. The van der Waals surface area contributed by atoms with Crippen molar-refractivity contribution < 1.29 is 22.7 Å². The number of anilines is 2. The van der Waals surface area contributed by atoms with Crippen LogP contribution < -0.4 is 19.5 Å². The number of nitrogens with one attached hydrogen (secondary N) is 2. The Morgan fingerprint density at radius 2 is 1.77 bits per heavy atom. The van der Waals surface area contributed by atoms with Crippen LogP contribution in [0.1, 0.15) is 13.8 Å². The van der Waals surface area contributed by atoms with Gasteiger partial charge in [0, 0.05) is 17.3 Å². The molecule has 1 atom stereocenters. The van der Waals surface area contributed by atoms with Gasteiger partial charge in [0.05, 0.1) is 11.5 Å². The zero-order chi connectivity index (χ0) is 21.6. The Morgan fingerprint density at radius 1 is 1.10 bits per heavy atom. The van der Waals surface area contributed by atoms with Crippen molar-refractivity contribution in [2.24, 2.45) is 0 Å². The molecule has 158 valence electrons. The van der Waals surface area contributed by atoms with Gasteiger partial charge in [0.2, 0.25) is 0 Å². The molecule has 1 amide bonds. The van der Waals surface area contributed by atoms with Gasteiger partial charge < -0.3 is 14.8 Å². The van der Waals surface area contributed by atoms with Crippen LogP contribution >= 0.6 is 11.3 Å². The Morgan fingerprint density at radius 3 is 2.37 bits per heavy atom. The highest BCUT2D eigenvalue weighted by atomic mass is 32.2. The third-order valence-corrected chi connectivity index (χ3v) is 6.08. The van der Waals surface area contributed by atoms with E-state index < -0.39 is 16.1 Å². The second kappa shape index (κ2) is 9.59. The monoisotopic (exact) mass is 447 g/mol. The van der Waals surface area contributed by atoms with Crippen molar-refractivity contribution in [2.75, 3.05) is 16.6 Å². The van der Waals surface area contributed by atoms with Gasteiger partial charge in [0.1, 0.15) is 11.5 Å². The van der Waals surface area contributed by atoms with E-state index in [1.165, 1.54) is 41.8 Å². The summed E-state index contributed by atoms with van der Waals surface area (Å²) in [4.78, 5) is 16.3. The first-order valence-corrected chi connectivity index (χ1v) is 11.5. The van der Waals surface area contributed by atoms with Crippen LogP contribution in [-0.2, 0) is 14.8 Å². The van der Waals surface area contributed by atoms with Crippen LogP contribution in [0.5, 0.6) is 11.5 Å². The molecule has 1 unspecified atom stereocenters. The van der Waals surface area contributed by atoms with Crippen LogP contribution in [0.4, 0.5) is 10.8 Å². The van der Waals surface area contributed by atoms with E-state index in [1.54, 1.807) is 36.6 Å². The lowest BCUT2D eigenvalue weighted by Crippen LogP contribution is -2.30. The standard InChI is InChI=1S/C20H21N3O5S2/c1-3-27-16-6-8-17(9-7-16)28-14(2)19(24)22-15-4-10-18(11-5-15)30(25,26)23-20-21-12-13-29-20/h4-14H,3H2,1-2H3,(H,21,23)(H,22,24). The number of rotatable bonds is 9. The molecule has 0 aliphatic carbocycles. The number of hydrogen-bond acceptors (Lipinski definition) is 7. The molecular weight excluding hydrogens is 426 g/mol. The van der Waals surface area contributed by atoms with E-state index in [4.69, 9.17) is 9.47 Å². The van der Waals surface area contributed by atoms with Gasteiger partial charge >= 0.3 is 0 Å². The van der Waals surface area contributed by atoms with Crippen molar-refractivity contribution in [3.8, 4) is 11.5 Å². The normalized spacial score (nSPS) is 12.1. The molecule has 0 saturated carbocycles. The summed E-state index contributed by atoms with van der Waals surface area (Å²) in [6, 6.07) is 12.8. The molecule has 3 aromatic rings. The molecule has 30 heavy (non-hydrogen) atoms.